The van der Waals surface area contributed by atoms with Crippen LogP contribution in [0.1, 0.15) is 0 Å². The van der Waals surface area contributed by atoms with Gasteiger partial charge in [-0.25, -0.2) is 0 Å². The number of rotatable bonds is 5. The van der Waals surface area contributed by atoms with Crippen molar-refractivity contribution < 1.29 is 0 Å². The van der Waals surface area contributed by atoms with Crippen molar-refractivity contribution in [3.05, 3.63) is 176 Å². The second kappa shape index (κ2) is 10.6. The summed E-state index contributed by atoms with van der Waals surface area (Å²) in [5.41, 5.74) is 8.29. The van der Waals surface area contributed by atoms with Gasteiger partial charge in [0, 0.05) is 16.8 Å². The van der Waals surface area contributed by atoms with Gasteiger partial charge in [0.15, 0.2) is 0 Å². The number of fused-ring (bicyclic) bond motifs is 5. The Hall–Kier alpha value is -5.66. The van der Waals surface area contributed by atoms with Crippen molar-refractivity contribution in [1.82, 2.24) is 0 Å². The van der Waals surface area contributed by atoms with Crippen molar-refractivity contribution in [2.75, 3.05) is 4.90 Å². The molecule has 0 spiro atoms. The minimum absolute atomic E-state index is 1.12. The van der Waals surface area contributed by atoms with Crippen LogP contribution in [0.2, 0.25) is 0 Å². The van der Waals surface area contributed by atoms with E-state index in [2.05, 4.69) is 181 Å². The van der Waals surface area contributed by atoms with Gasteiger partial charge in [0.1, 0.15) is 0 Å². The molecule has 0 aliphatic heterocycles. The predicted octanol–water partition coefficient (Wildman–Crippen LogP) is 11.9. The first-order valence-electron chi connectivity index (χ1n) is 14.8. The molecule has 0 N–H and O–H groups in total. The third-order valence-corrected chi connectivity index (χ3v) is 8.41. The lowest BCUT2D eigenvalue weighted by molar-refractivity contribution is 1.30. The highest BCUT2D eigenvalue weighted by atomic mass is 15.1. The van der Waals surface area contributed by atoms with Crippen LogP contribution in [-0.2, 0) is 0 Å². The van der Waals surface area contributed by atoms with Gasteiger partial charge in [0.2, 0.25) is 0 Å². The smallest absolute Gasteiger partial charge is 0.0546 e. The summed E-state index contributed by atoms with van der Waals surface area (Å²) in [7, 11) is 0. The van der Waals surface area contributed by atoms with E-state index in [4.69, 9.17) is 0 Å². The fourth-order valence-electron chi connectivity index (χ4n) is 6.36. The second-order valence-electron chi connectivity index (χ2n) is 11.0. The normalized spacial score (nSPS) is 11.3. The average Bonchev–Trinajstić information content (AvgIpc) is 3.09. The summed E-state index contributed by atoms with van der Waals surface area (Å²) >= 11 is 0. The lowest BCUT2D eigenvalue weighted by Gasteiger charge is -2.28. The van der Waals surface area contributed by atoms with Gasteiger partial charge in [-0.3, -0.25) is 0 Å². The van der Waals surface area contributed by atoms with E-state index < -0.39 is 0 Å². The molecule has 1 nitrogen and oxygen atoms in total. The maximum absolute atomic E-state index is 2.39. The first-order valence-corrected chi connectivity index (χ1v) is 14.8. The zero-order chi connectivity index (χ0) is 28.6. The topological polar surface area (TPSA) is 3.24 Å². The molecule has 202 valence electrons. The maximum atomic E-state index is 2.39. The summed E-state index contributed by atoms with van der Waals surface area (Å²) in [5.74, 6) is 0. The molecule has 8 aromatic carbocycles. The van der Waals surface area contributed by atoms with Gasteiger partial charge in [-0.05, 0) is 85.6 Å². The number of anilines is 3. The maximum Gasteiger partial charge on any atom is 0.0546 e. The minimum atomic E-state index is 1.12. The van der Waals surface area contributed by atoms with E-state index in [0.717, 1.165) is 11.4 Å². The lowest BCUT2D eigenvalue weighted by Crippen LogP contribution is -2.10. The Kier molecular flexibility index (Phi) is 6.20. The molecular formula is C42H29N. The minimum Gasteiger partial charge on any atom is -0.310 e. The molecule has 0 heterocycles. The largest absolute Gasteiger partial charge is 0.310 e. The van der Waals surface area contributed by atoms with Gasteiger partial charge < -0.3 is 4.90 Å². The summed E-state index contributed by atoms with van der Waals surface area (Å²) in [6.45, 7) is 0. The second-order valence-corrected chi connectivity index (χ2v) is 11.0. The summed E-state index contributed by atoms with van der Waals surface area (Å²) < 4.78 is 0. The quantitative estimate of drug-likeness (QED) is 0.194. The van der Waals surface area contributed by atoms with Crippen molar-refractivity contribution in [3.63, 3.8) is 0 Å². The van der Waals surface area contributed by atoms with E-state index in [-0.39, 0.29) is 0 Å². The number of para-hydroxylation sites is 1. The Morgan fingerprint density at radius 2 is 0.837 bits per heavy atom. The predicted molar refractivity (Wildman–Crippen MR) is 185 cm³/mol. The molecule has 0 bridgehead atoms. The summed E-state index contributed by atoms with van der Waals surface area (Å²) in [6, 6.07) is 63.4. The molecule has 0 saturated carbocycles. The van der Waals surface area contributed by atoms with Crippen LogP contribution < -0.4 is 4.90 Å². The van der Waals surface area contributed by atoms with Crippen LogP contribution in [0, 0.1) is 0 Å². The van der Waals surface area contributed by atoms with Crippen LogP contribution in [0.3, 0.4) is 0 Å². The molecule has 0 fully saturated rings. The van der Waals surface area contributed by atoms with Gasteiger partial charge in [-0.15, -0.1) is 0 Å². The van der Waals surface area contributed by atoms with E-state index >= 15 is 0 Å². The van der Waals surface area contributed by atoms with Crippen molar-refractivity contribution in [3.8, 4) is 22.3 Å². The average molecular weight is 548 g/mol. The highest BCUT2D eigenvalue weighted by Crippen LogP contribution is 2.43. The van der Waals surface area contributed by atoms with Gasteiger partial charge in [-0.1, -0.05) is 140 Å². The molecule has 0 aromatic heterocycles. The fraction of sp³-hybridized carbons (Fsp3) is 0. The zero-order valence-corrected chi connectivity index (χ0v) is 23.7. The summed E-state index contributed by atoms with van der Waals surface area (Å²) in [6.07, 6.45) is 0. The van der Waals surface area contributed by atoms with E-state index in [0.29, 0.717) is 0 Å². The molecule has 0 unspecified atom stereocenters. The van der Waals surface area contributed by atoms with Gasteiger partial charge in [-0.2, -0.15) is 0 Å². The Labute approximate surface area is 251 Å². The molecule has 0 aliphatic rings. The molecule has 8 aromatic rings. The molecule has 0 radical (unpaired) electrons. The van der Waals surface area contributed by atoms with Crippen molar-refractivity contribution in [2.24, 2.45) is 0 Å². The van der Waals surface area contributed by atoms with E-state index in [1.165, 1.54) is 60.3 Å². The Morgan fingerprint density at radius 3 is 1.58 bits per heavy atom. The van der Waals surface area contributed by atoms with E-state index in [1.54, 1.807) is 0 Å². The number of hydrogen-bond donors (Lipinski definition) is 0. The van der Waals surface area contributed by atoms with Crippen LogP contribution in [-0.4, -0.2) is 0 Å². The molecule has 0 aliphatic carbocycles. The molecular weight excluding hydrogens is 518 g/mol. The highest BCUT2D eigenvalue weighted by Gasteiger charge is 2.18. The standard InChI is InChI=1S/C42H29N/c1-3-12-30(13-4-1)33-15-11-16-34(28-33)31-24-26-37(27-25-31)43(36-17-5-2-6-18-36)41-29-35-23-22-32-14-7-8-19-38(32)42(35)40-21-10-9-20-39(40)41/h1-29H. The molecule has 0 atom stereocenters. The lowest BCUT2D eigenvalue weighted by atomic mass is 9.94. The van der Waals surface area contributed by atoms with Crippen LogP contribution in [0.4, 0.5) is 17.1 Å². The number of nitrogens with zero attached hydrogens (tertiary/aromatic N) is 1. The Morgan fingerprint density at radius 1 is 0.302 bits per heavy atom. The van der Waals surface area contributed by atoms with Crippen molar-refractivity contribution >= 4 is 49.4 Å². The molecule has 0 saturated heterocycles. The van der Waals surface area contributed by atoms with Crippen LogP contribution >= 0.6 is 0 Å². The summed E-state index contributed by atoms with van der Waals surface area (Å²) in [5, 5.41) is 7.59. The zero-order valence-electron chi connectivity index (χ0n) is 23.7. The third-order valence-electron chi connectivity index (χ3n) is 8.41. The van der Waals surface area contributed by atoms with Crippen LogP contribution in [0.15, 0.2) is 176 Å². The Balaban J connectivity index is 1.29. The molecule has 43 heavy (non-hydrogen) atoms. The van der Waals surface area contributed by atoms with Crippen LogP contribution in [0.25, 0.3) is 54.6 Å². The van der Waals surface area contributed by atoms with Crippen molar-refractivity contribution in [1.29, 1.82) is 0 Å². The first kappa shape index (κ1) is 25.1. The first-order chi connectivity index (χ1) is 21.3. The van der Waals surface area contributed by atoms with E-state index in [9.17, 15) is 0 Å². The monoisotopic (exact) mass is 547 g/mol. The SMILES string of the molecule is c1ccc(-c2cccc(-c3ccc(N(c4ccccc4)c4cc5ccc6ccccc6c5c5ccccc45)cc3)c2)cc1. The third kappa shape index (κ3) is 4.52. The number of benzene rings is 8. The van der Waals surface area contributed by atoms with Gasteiger partial charge in [0.25, 0.3) is 0 Å². The highest BCUT2D eigenvalue weighted by molar-refractivity contribution is 6.23. The van der Waals surface area contributed by atoms with Gasteiger partial charge >= 0.3 is 0 Å². The van der Waals surface area contributed by atoms with Crippen molar-refractivity contribution in [2.45, 2.75) is 0 Å². The Bertz CT molecular complexity index is 2220. The molecule has 1 heteroatoms. The van der Waals surface area contributed by atoms with E-state index in [1.807, 2.05) is 0 Å². The van der Waals surface area contributed by atoms with Gasteiger partial charge in [0.05, 0.1) is 5.69 Å². The fourth-order valence-corrected chi connectivity index (χ4v) is 6.36. The molecule has 8 rings (SSSR count). The summed E-state index contributed by atoms with van der Waals surface area (Å²) in [4.78, 5) is 2.39. The molecule has 0 amide bonds. The van der Waals surface area contributed by atoms with Crippen LogP contribution in [0.5, 0.6) is 0 Å². The number of hydrogen-bond acceptors (Lipinski definition) is 1.